The van der Waals surface area contributed by atoms with Crippen molar-refractivity contribution in [3.8, 4) is 5.75 Å². The third-order valence-corrected chi connectivity index (χ3v) is 6.88. The number of rotatable bonds is 7. The molecule has 1 aliphatic rings. The van der Waals surface area contributed by atoms with Crippen LogP contribution in [0.15, 0.2) is 66.7 Å². The van der Waals surface area contributed by atoms with Crippen molar-refractivity contribution in [1.29, 1.82) is 0 Å². The monoisotopic (exact) mass is 522 g/mol. The fourth-order valence-corrected chi connectivity index (χ4v) is 4.90. The minimum absolute atomic E-state index is 0. The number of anilines is 1. The van der Waals surface area contributed by atoms with Gasteiger partial charge in [0.15, 0.2) is 5.82 Å². The van der Waals surface area contributed by atoms with Gasteiger partial charge < -0.3 is 9.64 Å². The third-order valence-electron chi connectivity index (χ3n) is 6.88. The van der Waals surface area contributed by atoms with E-state index in [-0.39, 0.29) is 24.3 Å². The van der Waals surface area contributed by atoms with Gasteiger partial charge in [-0.3, -0.25) is 4.90 Å². The van der Waals surface area contributed by atoms with Crippen molar-refractivity contribution in [3.63, 3.8) is 0 Å². The molecular weight excluding hydrogens is 491 g/mol. The summed E-state index contributed by atoms with van der Waals surface area (Å²) in [4.78, 5) is 4.70. The van der Waals surface area contributed by atoms with Crippen LogP contribution in [0.5, 0.6) is 5.75 Å². The lowest BCUT2D eigenvalue weighted by Gasteiger charge is -2.40. The summed E-state index contributed by atoms with van der Waals surface area (Å²) >= 11 is 0. The third kappa shape index (κ3) is 5.76. The topological polar surface area (TPSA) is 59.3 Å². The van der Waals surface area contributed by atoms with E-state index >= 15 is 4.39 Å². The summed E-state index contributed by atoms with van der Waals surface area (Å²) in [5.74, 6) is 1.18. The van der Waals surface area contributed by atoms with Gasteiger partial charge in [-0.05, 0) is 65.2 Å². The molecule has 9 heteroatoms. The highest BCUT2D eigenvalue weighted by molar-refractivity contribution is 5.85. The van der Waals surface area contributed by atoms with Gasteiger partial charge in [-0.2, -0.15) is 0 Å². The Hall–Kier alpha value is -3.49. The van der Waals surface area contributed by atoms with Gasteiger partial charge >= 0.3 is 0 Å². The van der Waals surface area contributed by atoms with Crippen LogP contribution in [0, 0.1) is 19.7 Å². The molecule has 0 spiro atoms. The second kappa shape index (κ2) is 11.7. The molecule has 1 fully saturated rings. The number of halogens is 2. The number of aromatic nitrogens is 4. The minimum atomic E-state index is -0.389. The van der Waals surface area contributed by atoms with Crippen LogP contribution in [-0.2, 0) is 6.54 Å². The summed E-state index contributed by atoms with van der Waals surface area (Å²) in [5, 5.41) is 12.7. The maximum atomic E-state index is 15.1. The molecule has 0 aliphatic carbocycles. The molecule has 1 unspecified atom stereocenters. The van der Waals surface area contributed by atoms with E-state index in [4.69, 9.17) is 4.74 Å². The molecule has 2 heterocycles. The zero-order chi connectivity index (χ0) is 25.1. The van der Waals surface area contributed by atoms with Gasteiger partial charge in [-0.15, -0.1) is 17.5 Å². The summed E-state index contributed by atoms with van der Waals surface area (Å²) in [6.45, 7) is 7.97. The van der Waals surface area contributed by atoms with E-state index < -0.39 is 0 Å². The van der Waals surface area contributed by atoms with Crippen LogP contribution in [0.1, 0.15) is 34.1 Å². The highest BCUT2D eigenvalue weighted by Crippen LogP contribution is 2.32. The molecule has 5 rings (SSSR count). The summed E-state index contributed by atoms with van der Waals surface area (Å²) in [5.41, 5.74) is 5.41. The Kier molecular flexibility index (Phi) is 8.41. The first kappa shape index (κ1) is 26.6. The Morgan fingerprint density at radius 2 is 1.68 bits per heavy atom. The van der Waals surface area contributed by atoms with Crippen molar-refractivity contribution in [2.24, 2.45) is 0 Å². The summed E-state index contributed by atoms with van der Waals surface area (Å²) in [6, 6.07) is 20.9. The smallest absolute Gasteiger partial charge is 0.173 e. The van der Waals surface area contributed by atoms with Crippen LogP contribution in [0.4, 0.5) is 10.1 Å². The van der Waals surface area contributed by atoms with E-state index in [9.17, 15) is 0 Å². The zero-order valence-electron chi connectivity index (χ0n) is 21.3. The SMILES string of the molecule is COc1ccc(Cn2nnnc2C(c2ccccc2F)N2CCN(c3cc(C)ccc3C)CC2)cc1.Cl. The van der Waals surface area contributed by atoms with E-state index in [0.29, 0.717) is 17.9 Å². The lowest BCUT2D eigenvalue weighted by atomic mass is 10.0. The molecular formula is C28H32ClFN6O. The molecule has 4 aromatic rings. The Labute approximate surface area is 223 Å². The molecule has 0 saturated carbocycles. The number of benzene rings is 3. The minimum Gasteiger partial charge on any atom is -0.497 e. The molecule has 0 bridgehead atoms. The number of tetrazole rings is 1. The Balaban J connectivity index is 0.00000320. The Bertz CT molecular complexity index is 1320. The van der Waals surface area contributed by atoms with Crippen LogP contribution in [-0.4, -0.2) is 58.4 Å². The maximum Gasteiger partial charge on any atom is 0.173 e. The standard InChI is InChI=1S/C28H31FN6O.ClH/c1-20-8-9-21(2)26(18-20)33-14-16-34(17-15-33)27(24-6-4-5-7-25(24)29)28-30-31-32-35(28)19-22-10-12-23(36-3)13-11-22;/h4-13,18,27H,14-17,19H2,1-3H3;1H. The number of nitrogens with zero attached hydrogens (tertiary/aromatic N) is 6. The maximum absolute atomic E-state index is 15.1. The molecule has 3 aromatic carbocycles. The number of ether oxygens (including phenoxy) is 1. The van der Waals surface area contributed by atoms with Crippen molar-refractivity contribution in [3.05, 3.63) is 101 Å². The summed E-state index contributed by atoms with van der Waals surface area (Å²) < 4.78 is 22.2. The highest BCUT2D eigenvalue weighted by atomic mass is 35.5. The molecule has 194 valence electrons. The molecule has 0 amide bonds. The average molecular weight is 523 g/mol. The van der Waals surface area contributed by atoms with Crippen molar-refractivity contribution in [2.75, 3.05) is 38.2 Å². The highest BCUT2D eigenvalue weighted by Gasteiger charge is 2.32. The van der Waals surface area contributed by atoms with Gasteiger partial charge in [-0.1, -0.05) is 42.5 Å². The van der Waals surface area contributed by atoms with E-state index in [1.54, 1.807) is 17.9 Å². The van der Waals surface area contributed by atoms with Crippen LogP contribution < -0.4 is 9.64 Å². The molecule has 37 heavy (non-hydrogen) atoms. The normalized spacial score (nSPS) is 14.8. The van der Waals surface area contributed by atoms with Gasteiger partial charge in [-0.25, -0.2) is 9.07 Å². The number of hydrogen-bond acceptors (Lipinski definition) is 6. The Morgan fingerprint density at radius 1 is 0.946 bits per heavy atom. The van der Waals surface area contributed by atoms with Crippen molar-refractivity contribution >= 4 is 18.1 Å². The largest absolute Gasteiger partial charge is 0.497 e. The van der Waals surface area contributed by atoms with E-state index in [2.05, 4.69) is 57.4 Å². The first-order valence-electron chi connectivity index (χ1n) is 12.2. The van der Waals surface area contributed by atoms with Crippen LogP contribution in [0.3, 0.4) is 0 Å². The van der Waals surface area contributed by atoms with Gasteiger partial charge in [0.05, 0.1) is 13.7 Å². The molecule has 1 atom stereocenters. The molecule has 1 aliphatic heterocycles. The lowest BCUT2D eigenvalue weighted by Crippen LogP contribution is -2.48. The second-order valence-corrected chi connectivity index (χ2v) is 9.28. The molecule has 0 N–H and O–H groups in total. The summed E-state index contributed by atoms with van der Waals surface area (Å²) in [7, 11) is 1.65. The Morgan fingerprint density at radius 3 is 2.38 bits per heavy atom. The van der Waals surface area contributed by atoms with Crippen LogP contribution >= 0.6 is 12.4 Å². The number of hydrogen-bond donors (Lipinski definition) is 0. The average Bonchev–Trinajstić information content (AvgIpc) is 3.35. The molecule has 7 nitrogen and oxygen atoms in total. The fourth-order valence-electron chi connectivity index (χ4n) is 4.90. The van der Waals surface area contributed by atoms with Gasteiger partial charge in [0.1, 0.15) is 17.6 Å². The second-order valence-electron chi connectivity index (χ2n) is 9.28. The van der Waals surface area contributed by atoms with Gasteiger partial charge in [0, 0.05) is 37.4 Å². The lowest BCUT2D eigenvalue weighted by molar-refractivity contribution is 0.198. The zero-order valence-corrected chi connectivity index (χ0v) is 22.2. The predicted octanol–water partition coefficient (Wildman–Crippen LogP) is 4.82. The van der Waals surface area contributed by atoms with E-state index in [1.165, 1.54) is 22.9 Å². The number of piperazine rings is 1. The number of aryl methyl sites for hydroxylation is 2. The summed E-state index contributed by atoms with van der Waals surface area (Å²) in [6.07, 6.45) is 0. The van der Waals surface area contributed by atoms with E-state index in [1.807, 2.05) is 36.4 Å². The van der Waals surface area contributed by atoms with Crippen LogP contribution in [0.2, 0.25) is 0 Å². The first-order chi connectivity index (χ1) is 17.5. The van der Waals surface area contributed by atoms with E-state index in [0.717, 1.165) is 37.5 Å². The molecule has 0 radical (unpaired) electrons. The first-order valence-corrected chi connectivity index (χ1v) is 12.2. The van der Waals surface area contributed by atoms with Crippen LogP contribution in [0.25, 0.3) is 0 Å². The van der Waals surface area contributed by atoms with Gasteiger partial charge in [0.2, 0.25) is 0 Å². The molecule has 1 saturated heterocycles. The fraction of sp³-hybridized carbons (Fsp3) is 0.321. The van der Waals surface area contributed by atoms with Crippen molar-refractivity contribution < 1.29 is 9.13 Å². The molecule has 1 aromatic heterocycles. The van der Waals surface area contributed by atoms with Crippen molar-refractivity contribution in [2.45, 2.75) is 26.4 Å². The van der Waals surface area contributed by atoms with Gasteiger partial charge in [0.25, 0.3) is 0 Å². The van der Waals surface area contributed by atoms with Crippen molar-refractivity contribution in [1.82, 2.24) is 25.1 Å². The predicted molar refractivity (Wildman–Crippen MR) is 145 cm³/mol. The number of methoxy groups -OCH3 is 1. The quantitative estimate of drug-likeness (QED) is 0.347.